The highest BCUT2D eigenvalue weighted by Crippen LogP contribution is 2.67. The summed E-state index contributed by atoms with van der Waals surface area (Å²) >= 11 is 0. The van der Waals surface area contributed by atoms with Crippen molar-refractivity contribution >= 4 is 5.78 Å². The zero-order valence-electron chi connectivity index (χ0n) is 18.1. The van der Waals surface area contributed by atoms with Gasteiger partial charge in [-0.3, -0.25) is 4.79 Å². The Labute approximate surface area is 166 Å². The van der Waals surface area contributed by atoms with E-state index in [0.29, 0.717) is 17.8 Å². The number of ketones is 1. The molecule has 2 saturated carbocycles. The van der Waals surface area contributed by atoms with E-state index in [1.807, 2.05) is 20.1 Å². The standard InChI is InChI=1S/C25H40O2/c1-6-14-25(19(3)26)16-13-23-22-11-10-18(2)17-21(27-5)9-7-8-20(22)12-15-24(23,25)4/h6,10,20-23H,1,7-9,11-17H2,2-5H3/b18-10+/t20?,21?,22?,23?,24?,25-/m1/s1. The van der Waals surface area contributed by atoms with Crippen LogP contribution < -0.4 is 0 Å². The Morgan fingerprint density at radius 2 is 2.07 bits per heavy atom. The maximum absolute atomic E-state index is 12.8. The number of hydrogen-bond donors (Lipinski definition) is 0. The Morgan fingerprint density at radius 3 is 2.74 bits per heavy atom. The van der Waals surface area contributed by atoms with Crippen molar-refractivity contribution in [3.63, 3.8) is 0 Å². The van der Waals surface area contributed by atoms with E-state index in [2.05, 4.69) is 26.5 Å². The van der Waals surface area contributed by atoms with Gasteiger partial charge in [0.15, 0.2) is 0 Å². The van der Waals surface area contributed by atoms with Crippen molar-refractivity contribution in [1.82, 2.24) is 0 Å². The van der Waals surface area contributed by atoms with Gasteiger partial charge in [-0.05, 0) is 88.4 Å². The second-order valence-corrected chi connectivity index (χ2v) is 9.94. The van der Waals surface area contributed by atoms with Crippen molar-refractivity contribution in [2.45, 2.75) is 91.1 Å². The molecule has 3 aliphatic carbocycles. The monoisotopic (exact) mass is 372 g/mol. The van der Waals surface area contributed by atoms with Gasteiger partial charge in [0, 0.05) is 12.5 Å². The number of hydrogen-bond acceptors (Lipinski definition) is 2. The van der Waals surface area contributed by atoms with E-state index >= 15 is 0 Å². The van der Waals surface area contributed by atoms with Gasteiger partial charge >= 0.3 is 0 Å². The van der Waals surface area contributed by atoms with Crippen LogP contribution in [0.5, 0.6) is 0 Å². The van der Waals surface area contributed by atoms with Crippen LogP contribution in [0.3, 0.4) is 0 Å². The third-order valence-corrected chi connectivity index (χ3v) is 8.84. The first-order valence-corrected chi connectivity index (χ1v) is 11.2. The van der Waals surface area contributed by atoms with E-state index in [1.54, 1.807) is 0 Å². The van der Waals surface area contributed by atoms with Gasteiger partial charge in [0.2, 0.25) is 0 Å². The maximum atomic E-state index is 12.8. The molecule has 0 aromatic carbocycles. The van der Waals surface area contributed by atoms with Gasteiger partial charge in [-0.15, -0.1) is 6.58 Å². The third kappa shape index (κ3) is 3.59. The normalized spacial score (nSPS) is 44.5. The fourth-order valence-corrected chi connectivity index (χ4v) is 7.21. The van der Waals surface area contributed by atoms with Crippen LogP contribution in [0.25, 0.3) is 0 Å². The highest BCUT2D eigenvalue weighted by Gasteiger charge is 2.62. The van der Waals surface area contributed by atoms with E-state index in [4.69, 9.17) is 4.74 Å². The van der Waals surface area contributed by atoms with Crippen LogP contribution >= 0.6 is 0 Å². The summed E-state index contributed by atoms with van der Waals surface area (Å²) in [5, 5.41) is 0. The SMILES string of the molecule is C=CC[C@]1(C(C)=O)CCC2C3C/C=C(\C)CC(OC)CCCC3CCC21C. The molecule has 0 aromatic rings. The molecule has 152 valence electrons. The first kappa shape index (κ1) is 20.8. The molecule has 3 rings (SSSR count). The molecule has 3 aliphatic rings. The summed E-state index contributed by atoms with van der Waals surface area (Å²) in [4.78, 5) is 12.8. The number of allylic oxidation sites excluding steroid dienone is 2. The van der Waals surface area contributed by atoms with Crippen molar-refractivity contribution in [2.24, 2.45) is 28.6 Å². The molecular formula is C25H40O2. The van der Waals surface area contributed by atoms with Crippen LogP contribution in [0.4, 0.5) is 0 Å². The number of carbonyl (C=O) groups excluding carboxylic acids is 1. The van der Waals surface area contributed by atoms with E-state index in [9.17, 15) is 4.79 Å². The molecule has 6 atom stereocenters. The van der Waals surface area contributed by atoms with E-state index in [-0.39, 0.29) is 10.8 Å². The molecule has 0 aliphatic heterocycles. The summed E-state index contributed by atoms with van der Waals surface area (Å²) in [5.41, 5.74) is 1.46. The number of rotatable bonds is 4. The van der Waals surface area contributed by atoms with Gasteiger partial charge < -0.3 is 4.74 Å². The number of Topliss-reactive ketones (excluding diaryl/α,β-unsaturated/α-hetero) is 1. The minimum atomic E-state index is -0.167. The lowest BCUT2D eigenvalue weighted by Crippen LogP contribution is -2.49. The summed E-state index contributed by atoms with van der Waals surface area (Å²) in [6, 6.07) is 0. The van der Waals surface area contributed by atoms with Crippen LogP contribution in [-0.4, -0.2) is 19.0 Å². The topological polar surface area (TPSA) is 26.3 Å². The van der Waals surface area contributed by atoms with Crippen LogP contribution in [0.15, 0.2) is 24.3 Å². The molecule has 2 fully saturated rings. The quantitative estimate of drug-likeness (QED) is 0.526. The Bertz CT molecular complexity index is 591. The molecule has 0 aromatic heterocycles. The van der Waals surface area contributed by atoms with Crippen LogP contribution in [-0.2, 0) is 9.53 Å². The maximum Gasteiger partial charge on any atom is 0.136 e. The summed E-state index contributed by atoms with van der Waals surface area (Å²) in [7, 11) is 1.86. The van der Waals surface area contributed by atoms with Gasteiger partial charge in [0.25, 0.3) is 0 Å². The van der Waals surface area contributed by atoms with Gasteiger partial charge in [0.05, 0.1) is 6.10 Å². The molecule has 0 saturated heterocycles. The van der Waals surface area contributed by atoms with Crippen molar-refractivity contribution in [1.29, 1.82) is 0 Å². The molecular weight excluding hydrogens is 332 g/mol. The van der Waals surface area contributed by atoms with E-state index < -0.39 is 0 Å². The number of methoxy groups -OCH3 is 1. The highest BCUT2D eigenvalue weighted by atomic mass is 16.5. The van der Waals surface area contributed by atoms with Gasteiger partial charge in [-0.1, -0.05) is 37.5 Å². The lowest BCUT2D eigenvalue weighted by Gasteiger charge is -2.53. The predicted molar refractivity (Wildman–Crippen MR) is 113 cm³/mol. The molecule has 0 radical (unpaired) electrons. The summed E-state index contributed by atoms with van der Waals surface area (Å²) in [6.45, 7) is 10.6. The van der Waals surface area contributed by atoms with Crippen molar-refractivity contribution < 1.29 is 9.53 Å². The van der Waals surface area contributed by atoms with Crippen molar-refractivity contribution in [2.75, 3.05) is 7.11 Å². The molecule has 2 heteroatoms. The Balaban J connectivity index is 1.90. The predicted octanol–water partition coefficient (Wildman–Crippen LogP) is 6.51. The van der Waals surface area contributed by atoms with Crippen LogP contribution in [0.2, 0.25) is 0 Å². The number of fused-ring (bicyclic) bond motifs is 3. The molecule has 0 bridgehead atoms. The lowest BCUT2D eigenvalue weighted by atomic mass is 9.50. The average molecular weight is 373 g/mol. The minimum Gasteiger partial charge on any atom is -0.381 e. The largest absolute Gasteiger partial charge is 0.381 e. The molecule has 5 unspecified atom stereocenters. The minimum absolute atomic E-state index is 0.148. The second kappa shape index (κ2) is 8.23. The van der Waals surface area contributed by atoms with Gasteiger partial charge in [-0.2, -0.15) is 0 Å². The molecule has 0 amide bonds. The zero-order valence-corrected chi connectivity index (χ0v) is 18.1. The molecule has 27 heavy (non-hydrogen) atoms. The first-order chi connectivity index (χ1) is 12.9. The Hall–Kier alpha value is -0.890. The van der Waals surface area contributed by atoms with E-state index in [0.717, 1.165) is 31.1 Å². The summed E-state index contributed by atoms with van der Waals surface area (Å²) in [5.74, 6) is 2.64. The van der Waals surface area contributed by atoms with Crippen LogP contribution in [0, 0.1) is 28.6 Å². The van der Waals surface area contributed by atoms with Crippen molar-refractivity contribution in [3.05, 3.63) is 24.3 Å². The highest BCUT2D eigenvalue weighted by molar-refractivity contribution is 5.84. The van der Waals surface area contributed by atoms with Crippen LogP contribution in [0.1, 0.15) is 85.0 Å². The average Bonchev–Trinajstić information content (AvgIpc) is 2.94. The summed E-state index contributed by atoms with van der Waals surface area (Å²) < 4.78 is 5.71. The first-order valence-electron chi connectivity index (χ1n) is 11.2. The van der Waals surface area contributed by atoms with Gasteiger partial charge in [0.1, 0.15) is 5.78 Å². The second-order valence-electron chi connectivity index (χ2n) is 9.94. The smallest absolute Gasteiger partial charge is 0.136 e. The fourth-order valence-electron chi connectivity index (χ4n) is 7.21. The molecule has 0 heterocycles. The van der Waals surface area contributed by atoms with Gasteiger partial charge in [-0.25, -0.2) is 0 Å². The number of ether oxygens (including phenoxy) is 1. The zero-order chi connectivity index (χ0) is 19.7. The van der Waals surface area contributed by atoms with Crippen molar-refractivity contribution in [3.8, 4) is 0 Å². The third-order valence-electron chi connectivity index (χ3n) is 8.84. The number of carbonyl (C=O) groups is 1. The molecule has 0 spiro atoms. The lowest BCUT2D eigenvalue weighted by molar-refractivity contribution is -0.137. The Kier molecular flexibility index (Phi) is 6.35. The summed E-state index contributed by atoms with van der Waals surface area (Å²) in [6.07, 6.45) is 16.6. The van der Waals surface area contributed by atoms with E-state index in [1.165, 1.54) is 50.5 Å². The molecule has 0 N–H and O–H groups in total. The fraction of sp³-hybridized carbons (Fsp3) is 0.800. The Morgan fingerprint density at radius 1 is 1.30 bits per heavy atom. The molecule has 2 nitrogen and oxygen atoms in total.